The van der Waals surface area contributed by atoms with Crippen LogP contribution in [-0.2, 0) is 11.8 Å². The maximum absolute atomic E-state index is 11.9. The van der Waals surface area contributed by atoms with E-state index in [2.05, 4.69) is 25.6 Å². The van der Waals surface area contributed by atoms with Crippen molar-refractivity contribution in [2.75, 3.05) is 36.5 Å². The molecule has 9 nitrogen and oxygen atoms in total. The molecule has 21 heavy (non-hydrogen) atoms. The molecule has 3 heterocycles. The summed E-state index contributed by atoms with van der Waals surface area (Å²) >= 11 is 0. The molecule has 1 aliphatic rings. The molecule has 1 fully saturated rings. The summed E-state index contributed by atoms with van der Waals surface area (Å²) in [4.78, 5) is 22.5. The van der Waals surface area contributed by atoms with Gasteiger partial charge >= 0.3 is 0 Å². The Morgan fingerprint density at radius 1 is 1.29 bits per heavy atom. The van der Waals surface area contributed by atoms with Gasteiger partial charge in [0.25, 0.3) is 5.91 Å². The van der Waals surface area contributed by atoms with Crippen molar-refractivity contribution in [2.45, 2.75) is 0 Å². The molecule has 0 spiro atoms. The maximum atomic E-state index is 11.9. The van der Waals surface area contributed by atoms with Gasteiger partial charge in [-0.25, -0.2) is 9.97 Å². The van der Waals surface area contributed by atoms with E-state index in [1.807, 2.05) is 4.90 Å². The summed E-state index contributed by atoms with van der Waals surface area (Å²) in [6.45, 7) is 2.89. The number of nitrogens with zero attached hydrogens (tertiary/aromatic N) is 6. The molecule has 0 aliphatic carbocycles. The number of aryl methyl sites for hydroxylation is 1. The second kappa shape index (κ2) is 5.83. The minimum absolute atomic E-state index is 0.245. The van der Waals surface area contributed by atoms with Gasteiger partial charge in [-0.1, -0.05) is 5.21 Å². The minimum Gasteiger partial charge on any atom is -0.378 e. The third kappa shape index (κ3) is 3.14. The highest BCUT2D eigenvalue weighted by Crippen LogP contribution is 2.12. The number of aromatic nitrogens is 5. The van der Waals surface area contributed by atoms with E-state index < -0.39 is 0 Å². The van der Waals surface area contributed by atoms with E-state index in [1.165, 1.54) is 10.9 Å². The molecule has 3 rings (SSSR count). The van der Waals surface area contributed by atoms with E-state index in [0.29, 0.717) is 24.8 Å². The predicted octanol–water partition coefficient (Wildman–Crippen LogP) is -0.306. The van der Waals surface area contributed by atoms with E-state index in [-0.39, 0.29) is 11.6 Å². The molecule has 110 valence electrons. The van der Waals surface area contributed by atoms with E-state index in [1.54, 1.807) is 19.4 Å². The second-order valence-electron chi connectivity index (χ2n) is 4.60. The molecule has 2 aromatic heterocycles. The van der Waals surface area contributed by atoms with Crippen molar-refractivity contribution in [3.63, 3.8) is 0 Å². The number of carbonyl (C=O) groups is 1. The number of ether oxygens (including phenoxy) is 1. The van der Waals surface area contributed by atoms with Crippen LogP contribution in [0.4, 0.5) is 11.6 Å². The molecule has 0 unspecified atom stereocenters. The molecule has 0 bridgehead atoms. The van der Waals surface area contributed by atoms with Gasteiger partial charge in [-0.05, 0) is 0 Å². The summed E-state index contributed by atoms with van der Waals surface area (Å²) in [6.07, 6.45) is 4.69. The fraction of sp³-hybridized carbons (Fsp3) is 0.417. The fourth-order valence-electron chi connectivity index (χ4n) is 1.96. The molecule has 1 saturated heterocycles. The van der Waals surface area contributed by atoms with Crippen molar-refractivity contribution in [1.29, 1.82) is 0 Å². The zero-order valence-corrected chi connectivity index (χ0v) is 11.6. The van der Waals surface area contributed by atoms with Crippen molar-refractivity contribution in [3.05, 3.63) is 24.3 Å². The summed E-state index contributed by atoms with van der Waals surface area (Å²) < 4.78 is 6.74. The largest absolute Gasteiger partial charge is 0.378 e. The summed E-state index contributed by atoms with van der Waals surface area (Å²) in [7, 11) is 1.70. The highest BCUT2D eigenvalue weighted by atomic mass is 16.5. The Balaban J connectivity index is 1.65. The molecule has 1 amide bonds. The van der Waals surface area contributed by atoms with Crippen LogP contribution >= 0.6 is 0 Å². The number of nitrogens with one attached hydrogen (secondary N) is 1. The first-order chi connectivity index (χ1) is 10.2. The zero-order chi connectivity index (χ0) is 14.7. The first-order valence-corrected chi connectivity index (χ1v) is 6.55. The van der Waals surface area contributed by atoms with Crippen LogP contribution in [0.3, 0.4) is 0 Å². The van der Waals surface area contributed by atoms with Gasteiger partial charge in [0.15, 0.2) is 5.69 Å². The number of carbonyl (C=O) groups excluding carboxylic acids is 1. The van der Waals surface area contributed by atoms with Gasteiger partial charge in [-0.3, -0.25) is 9.48 Å². The van der Waals surface area contributed by atoms with E-state index in [0.717, 1.165) is 13.1 Å². The van der Waals surface area contributed by atoms with Gasteiger partial charge in [0, 0.05) is 20.1 Å². The van der Waals surface area contributed by atoms with E-state index in [9.17, 15) is 4.79 Å². The Bertz CT molecular complexity index is 619. The average Bonchev–Trinajstić information content (AvgIpc) is 2.96. The molecule has 0 radical (unpaired) electrons. The van der Waals surface area contributed by atoms with E-state index in [4.69, 9.17) is 4.74 Å². The fourth-order valence-corrected chi connectivity index (χ4v) is 1.96. The van der Waals surface area contributed by atoms with Crippen molar-refractivity contribution >= 4 is 17.5 Å². The Labute approximate surface area is 120 Å². The van der Waals surface area contributed by atoms with Crippen LogP contribution in [-0.4, -0.2) is 57.2 Å². The smallest absolute Gasteiger partial charge is 0.277 e. The standard InChI is InChI=1S/C12H15N7O2/c1-18-8-10(16-17-18)11(20)15-9-6-13-12(14-7-9)19-2-4-21-5-3-19/h6-8H,2-5H2,1H3,(H,15,20). The summed E-state index contributed by atoms with van der Waals surface area (Å²) in [5.41, 5.74) is 0.761. The Morgan fingerprint density at radius 2 is 2.00 bits per heavy atom. The third-order valence-electron chi connectivity index (χ3n) is 3.03. The quantitative estimate of drug-likeness (QED) is 0.827. The van der Waals surface area contributed by atoms with Crippen LogP contribution in [0.25, 0.3) is 0 Å². The maximum Gasteiger partial charge on any atom is 0.277 e. The van der Waals surface area contributed by atoms with Gasteiger partial charge in [0.05, 0.1) is 37.5 Å². The van der Waals surface area contributed by atoms with Gasteiger partial charge < -0.3 is 15.0 Å². The molecule has 9 heteroatoms. The SMILES string of the molecule is Cn1cc(C(=O)Nc2cnc(N3CCOCC3)nc2)nn1. The lowest BCUT2D eigenvalue weighted by atomic mass is 10.4. The van der Waals surface area contributed by atoms with Crippen LogP contribution in [0.1, 0.15) is 10.5 Å². The number of morpholine rings is 1. The van der Waals surface area contributed by atoms with Crippen LogP contribution in [0, 0.1) is 0 Å². The highest BCUT2D eigenvalue weighted by Gasteiger charge is 2.14. The number of rotatable bonds is 3. The lowest BCUT2D eigenvalue weighted by molar-refractivity contribution is 0.102. The Kier molecular flexibility index (Phi) is 3.73. The molecular formula is C12H15N7O2. The topological polar surface area (TPSA) is 98.1 Å². The van der Waals surface area contributed by atoms with Crippen molar-refractivity contribution in [3.8, 4) is 0 Å². The minimum atomic E-state index is -0.342. The lowest BCUT2D eigenvalue weighted by Crippen LogP contribution is -2.37. The monoisotopic (exact) mass is 289 g/mol. The number of hydrogen-bond acceptors (Lipinski definition) is 7. The molecule has 1 aliphatic heterocycles. The molecular weight excluding hydrogens is 274 g/mol. The van der Waals surface area contributed by atoms with Crippen LogP contribution in [0.5, 0.6) is 0 Å². The summed E-state index contributed by atoms with van der Waals surface area (Å²) in [5, 5.41) is 10.1. The molecule has 2 aromatic rings. The molecule has 0 saturated carbocycles. The van der Waals surface area contributed by atoms with Crippen LogP contribution in [0.15, 0.2) is 18.6 Å². The number of anilines is 2. The molecule has 0 aromatic carbocycles. The van der Waals surface area contributed by atoms with Gasteiger partial charge in [-0.15, -0.1) is 5.10 Å². The van der Waals surface area contributed by atoms with Crippen LogP contribution in [0.2, 0.25) is 0 Å². The highest BCUT2D eigenvalue weighted by molar-refractivity contribution is 6.02. The Hall–Kier alpha value is -2.55. The van der Waals surface area contributed by atoms with Crippen LogP contribution < -0.4 is 10.2 Å². The van der Waals surface area contributed by atoms with Gasteiger partial charge in [0.2, 0.25) is 5.95 Å². The molecule has 0 atom stereocenters. The average molecular weight is 289 g/mol. The van der Waals surface area contributed by atoms with Crippen molar-refractivity contribution in [2.24, 2.45) is 7.05 Å². The number of hydrogen-bond donors (Lipinski definition) is 1. The number of amides is 1. The van der Waals surface area contributed by atoms with Crippen molar-refractivity contribution in [1.82, 2.24) is 25.0 Å². The third-order valence-corrected chi connectivity index (χ3v) is 3.03. The first-order valence-electron chi connectivity index (χ1n) is 6.55. The second-order valence-corrected chi connectivity index (χ2v) is 4.60. The van der Waals surface area contributed by atoms with Gasteiger partial charge in [-0.2, -0.15) is 0 Å². The predicted molar refractivity (Wildman–Crippen MR) is 74.0 cm³/mol. The van der Waals surface area contributed by atoms with Crippen molar-refractivity contribution < 1.29 is 9.53 Å². The normalized spacial score (nSPS) is 15.0. The first kappa shape index (κ1) is 13.4. The zero-order valence-electron chi connectivity index (χ0n) is 11.6. The summed E-state index contributed by atoms with van der Waals surface area (Å²) in [5.74, 6) is 0.293. The molecule has 1 N–H and O–H groups in total. The summed E-state index contributed by atoms with van der Waals surface area (Å²) in [6, 6.07) is 0. The van der Waals surface area contributed by atoms with E-state index >= 15 is 0 Å². The van der Waals surface area contributed by atoms with Gasteiger partial charge in [0.1, 0.15) is 0 Å². The lowest BCUT2D eigenvalue weighted by Gasteiger charge is -2.26. The Morgan fingerprint density at radius 3 is 2.62 bits per heavy atom.